The first-order valence-corrected chi connectivity index (χ1v) is 6.31. The van der Waals surface area contributed by atoms with Gasteiger partial charge in [-0.05, 0) is 0 Å². The predicted octanol–water partition coefficient (Wildman–Crippen LogP) is 2.85. The fourth-order valence-corrected chi connectivity index (χ4v) is 1.57. The molecule has 1 aromatic carbocycles. The monoisotopic (exact) mass is 398 g/mol. The standard InChI is InChI=1S/C11H7ClO2.5CO.Cr/c12-10-5-1-2-6-11(10)14-8-9-4-3-7-13-9;5*1-2;/h1-7H;;;;;;. The normalized spacial score (nSPS) is 6.36. The second-order valence-corrected chi connectivity index (χ2v) is 3.78. The van der Waals surface area contributed by atoms with E-state index >= 15 is 0 Å². The molecule has 0 aliphatic heterocycles. The molecule has 1 aromatic heterocycles. The topological polar surface area (TPSA) is 122 Å². The number of benzene rings is 1. The fourth-order valence-electron chi connectivity index (χ4n) is 1.07. The van der Waals surface area contributed by atoms with Crippen molar-refractivity contribution >= 4 is 16.2 Å². The third-order valence-corrected chi connectivity index (χ3v) is 2.52. The van der Waals surface area contributed by atoms with Gasteiger partial charge in [0.25, 0.3) is 0 Å². The number of hydrogen-bond acceptors (Lipinski definition) is 2. The molecule has 9 heteroatoms. The molecule has 0 amide bonds. The quantitative estimate of drug-likeness (QED) is 0.583. The fraction of sp³-hybridized carbons (Fsp3) is 0. The van der Waals surface area contributed by atoms with Crippen molar-refractivity contribution in [3.63, 3.8) is 0 Å². The summed E-state index contributed by atoms with van der Waals surface area (Å²) in [6, 6.07) is 10.9. The Hall–Kier alpha value is -2.31. The summed E-state index contributed by atoms with van der Waals surface area (Å²) in [4.78, 5) is 0. The zero-order chi connectivity index (χ0) is 20.7. The molecule has 7 nitrogen and oxygen atoms in total. The van der Waals surface area contributed by atoms with Crippen LogP contribution in [-0.2, 0) is 39.1 Å². The Balaban J connectivity index is -0.000000191. The van der Waals surface area contributed by atoms with Crippen molar-refractivity contribution in [2.45, 2.75) is 0 Å². The second kappa shape index (κ2) is 26.6. The van der Waals surface area contributed by atoms with E-state index < -0.39 is 0 Å². The van der Waals surface area contributed by atoms with Crippen LogP contribution in [0.2, 0.25) is 5.02 Å². The molecule has 2 rings (SSSR count). The molecule has 25 heavy (non-hydrogen) atoms. The van der Waals surface area contributed by atoms with E-state index in [1.165, 1.54) is 0 Å². The third-order valence-electron chi connectivity index (χ3n) is 1.76. The molecule has 0 aliphatic carbocycles. The van der Waals surface area contributed by atoms with E-state index in [2.05, 4.69) is 49.1 Å². The molecule has 0 saturated carbocycles. The molecule has 0 atom stereocenters. The number of furan rings is 1. The van der Waals surface area contributed by atoms with Crippen molar-refractivity contribution in [2.75, 3.05) is 0 Å². The molecule has 0 radical (unpaired) electrons. The number of hydrogen-bond donors (Lipinski definition) is 0. The summed E-state index contributed by atoms with van der Waals surface area (Å²) in [5.74, 6) is 1.25. The molecular formula is C16H7ClCrO7. The Morgan fingerprint density at radius 2 is 1.32 bits per heavy atom. The van der Waals surface area contributed by atoms with Gasteiger partial charge in [-0.1, -0.05) is 0 Å². The van der Waals surface area contributed by atoms with Crippen LogP contribution in [0.5, 0.6) is 5.75 Å². The summed E-state index contributed by atoms with van der Waals surface area (Å²) in [7, 11) is 0. The molecular weight excluding hydrogens is 392 g/mol. The van der Waals surface area contributed by atoms with Gasteiger partial charge in [0.1, 0.15) is 0 Å². The molecule has 0 spiro atoms. The van der Waals surface area contributed by atoms with Crippen molar-refractivity contribution in [1.82, 2.24) is 0 Å². The summed E-state index contributed by atoms with van der Waals surface area (Å²) in [6.07, 6.45) is 1.59. The van der Waals surface area contributed by atoms with E-state index in [-0.39, 0.29) is 0 Å². The Morgan fingerprint density at radius 3 is 1.72 bits per heavy atom. The van der Waals surface area contributed by atoms with Gasteiger partial charge in [-0.3, -0.25) is 0 Å². The molecule has 0 saturated heterocycles. The van der Waals surface area contributed by atoms with Crippen LogP contribution in [0.25, 0.3) is 0 Å². The maximum absolute atomic E-state index is 7.50. The average molecular weight is 399 g/mol. The SMILES string of the molecule is Clc1ccccc1O[C](=[Cr])c1ccco1.[C-]#[O+].[C-]#[O+].[C-]#[O+].[C-]#[O+].[C-]#[O+]. The van der Waals surface area contributed by atoms with Crippen LogP contribution >= 0.6 is 11.6 Å². The minimum atomic E-state index is 0.563. The van der Waals surface area contributed by atoms with Crippen LogP contribution in [-0.4, -0.2) is 4.57 Å². The zero-order valence-corrected chi connectivity index (χ0v) is 14.2. The summed E-state index contributed by atoms with van der Waals surface area (Å²) in [5, 5.41) is 0.566. The summed E-state index contributed by atoms with van der Waals surface area (Å²) < 4.78 is 48.8. The van der Waals surface area contributed by atoms with Crippen molar-refractivity contribution in [3.05, 3.63) is 86.7 Å². The van der Waals surface area contributed by atoms with Gasteiger partial charge >= 0.3 is 157 Å². The Labute approximate surface area is 157 Å². The maximum atomic E-state index is 7.50. The second-order valence-electron chi connectivity index (χ2n) is 2.80. The van der Waals surface area contributed by atoms with Crippen LogP contribution in [0.3, 0.4) is 0 Å². The Morgan fingerprint density at radius 1 is 0.840 bits per heavy atom. The summed E-state index contributed by atoms with van der Waals surface area (Å²) in [6.45, 7) is 22.5. The number of ether oxygens (including phenoxy) is 1. The first-order chi connectivity index (χ1) is 12.3. The van der Waals surface area contributed by atoms with E-state index in [0.29, 0.717) is 21.1 Å². The van der Waals surface area contributed by atoms with Crippen molar-refractivity contribution < 1.29 is 48.3 Å². The number of rotatable bonds is 3. The molecule has 126 valence electrons. The van der Waals surface area contributed by atoms with E-state index in [4.69, 9.17) is 44.0 Å². The molecule has 1 heterocycles. The van der Waals surface area contributed by atoms with E-state index in [9.17, 15) is 0 Å². The van der Waals surface area contributed by atoms with Gasteiger partial charge in [-0.2, -0.15) is 0 Å². The average Bonchev–Trinajstić information content (AvgIpc) is 3.26. The third kappa shape index (κ3) is 15.0. The number of halogens is 1. The van der Waals surface area contributed by atoms with Crippen molar-refractivity contribution in [3.8, 4) is 5.75 Å². The van der Waals surface area contributed by atoms with Crippen molar-refractivity contribution in [1.29, 1.82) is 0 Å². The summed E-state index contributed by atoms with van der Waals surface area (Å²) in [5.41, 5.74) is 0. The van der Waals surface area contributed by atoms with E-state index in [1.54, 1.807) is 24.5 Å². The molecule has 0 bridgehead atoms. The van der Waals surface area contributed by atoms with Gasteiger partial charge in [-0.15, -0.1) is 0 Å². The van der Waals surface area contributed by atoms with Crippen molar-refractivity contribution in [2.24, 2.45) is 0 Å². The van der Waals surface area contributed by atoms with Gasteiger partial charge in [0.05, 0.1) is 0 Å². The Bertz CT molecular complexity index is 635. The van der Waals surface area contributed by atoms with Crippen LogP contribution in [0.4, 0.5) is 0 Å². The zero-order valence-electron chi connectivity index (χ0n) is 12.2. The molecule has 0 unspecified atom stereocenters. The first-order valence-electron chi connectivity index (χ1n) is 5.29. The molecule has 0 aliphatic rings. The van der Waals surface area contributed by atoms with Crippen LogP contribution in [0.15, 0.2) is 47.1 Å². The minimum absolute atomic E-state index is 0.563. The van der Waals surface area contributed by atoms with Gasteiger partial charge in [0, 0.05) is 0 Å². The first kappa shape index (κ1) is 30.6. The van der Waals surface area contributed by atoms with E-state index in [1.807, 2.05) is 18.2 Å². The van der Waals surface area contributed by atoms with Crippen LogP contribution < -0.4 is 4.74 Å². The predicted molar refractivity (Wildman–Crippen MR) is 74.5 cm³/mol. The van der Waals surface area contributed by atoms with Gasteiger partial charge < -0.3 is 0 Å². The molecule has 2 aromatic rings. The van der Waals surface area contributed by atoms with Gasteiger partial charge in [0.2, 0.25) is 0 Å². The van der Waals surface area contributed by atoms with Crippen LogP contribution in [0, 0.1) is 33.3 Å². The summed E-state index contributed by atoms with van der Waals surface area (Å²) >= 11 is 8.74. The Kier molecular flexibility index (Phi) is 32.5. The van der Waals surface area contributed by atoms with Gasteiger partial charge in [0.15, 0.2) is 0 Å². The molecule has 0 N–H and O–H groups in total. The number of para-hydroxylation sites is 1. The van der Waals surface area contributed by atoms with Crippen LogP contribution in [0.1, 0.15) is 5.76 Å². The van der Waals surface area contributed by atoms with Gasteiger partial charge in [-0.25, -0.2) is 0 Å². The van der Waals surface area contributed by atoms with E-state index in [0.717, 1.165) is 0 Å². The molecule has 0 fully saturated rings.